The predicted molar refractivity (Wildman–Crippen MR) is 80.5 cm³/mol. The van der Waals surface area contributed by atoms with Crippen LogP contribution in [0.15, 0.2) is 35.0 Å². The molecule has 0 saturated carbocycles. The van der Waals surface area contributed by atoms with Crippen molar-refractivity contribution in [3.05, 3.63) is 57.0 Å². The molecule has 1 aromatic carbocycles. The van der Waals surface area contributed by atoms with E-state index in [9.17, 15) is 4.39 Å². The van der Waals surface area contributed by atoms with Gasteiger partial charge in [0.2, 0.25) is 0 Å². The summed E-state index contributed by atoms with van der Waals surface area (Å²) in [5.41, 5.74) is 1.96. The van der Waals surface area contributed by atoms with E-state index in [1.165, 1.54) is 11.6 Å². The fourth-order valence-corrected chi connectivity index (χ4v) is 3.03. The van der Waals surface area contributed by atoms with Crippen molar-refractivity contribution in [2.75, 3.05) is 6.54 Å². The van der Waals surface area contributed by atoms with Gasteiger partial charge in [-0.3, -0.25) is 0 Å². The molecule has 19 heavy (non-hydrogen) atoms. The molecule has 0 aliphatic rings. The predicted octanol–water partition coefficient (Wildman–Crippen LogP) is 4.82. The Morgan fingerprint density at radius 3 is 2.89 bits per heavy atom. The van der Waals surface area contributed by atoms with Crippen LogP contribution in [0.1, 0.15) is 30.5 Å². The number of aryl methyl sites for hydroxylation is 1. The van der Waals surface area contributed by atoms with Crippen LogP contribution in [0, 0.1) is 5.82 Å². The molecule has 2 rings (SSSR count). The van der Waals surface area contributed by atoms with Gasteiger partial charge in [-0.2, -0.15) is 11.3 Å². The van der Waals surface area contributed by atoms with E-state index < -0.39 is 0 Å². The van der Waals surface area contributed by atoms with Gasteiger partial charge in [0.15, 0.2) is 0 Å². The van der Waals surface area contributed by atoms with Crippen LogP contribution in [0.25, 0.3) is 0 Å². The molecule has 1 nitrogen and oxygen atoms in total. The molecule has 1 atom stereocenters. The zero-order valence-corrected chi connectivity index (χ0v) is 12.4. The quantitative estimate of drug-likeness (QED) is 0.806. The second-order valence-electron chi connectivity index (χ2n) is 4.45. The van der Waals surface area contributed by atoms with Crippen molar-refractivity contribution in [3.8, 4) is 0 Å². The summed E-state index contributed by atoms with van der Waals surface area (Å²) in [6.45, 7) is 2.83. The summed E-state index contributed by atoms with van der Waals surface area (Å²) in [5.74, 6) is -0.194. The first-order valence-electron chi connectivity index (χ1n) is 6.40. The molecule has 1 unspecified atom stereocenters. The Labute approximate surface area is 122 Å². The lowest BCUT2D eigenvalue weighted by atomic mass is 9.99. The fourth-order valence-electron chi connectivity index (χ4n) is 2.14. The highest BCUT2D eigenvalue weighted by Crippen LogP contribution is 2.25. The summed E-state index contributed by atoms with van der Waals surface area (Å²) < 4.78 is 13.9. The summed E-state index contributed by atoms with van der Waals surface area (Å²) in [6.07, 6.45) is 1.80. The van der Waals surface area contributed by atoms with Crippen LogP contribution in [0.3, 0.4) is 0 Å². The number of nitrogens with one attached hydrogen (secondary N) is 1. The number of rotatable bonds is 6. The van der Waals surface area contributed by atoms with Gasteiger partial charge in [-0.1, -0.05) is 18.5 Å². The first kappa shape index (κ1) is 14.5. The zero-order valence-electron chi connectivity index (χ0n) is 10.8. The summed E-state index contributed by atoms with van der Waals surface area (Å²) >= 11 is 7.66. The topological polar surface area (TPSA) is 12.0 Å². The first-order valence-corrected chi connectivity index (χ1v) is 7.72. The molecule has 0 bridgehead atoms. The maximum atomic E-state index is 13.9. The van der Waals surface area contributed by atoms with Crippen LogP contribution >= 0.6 is 22.9 Å². The maximum absolute atomic E-state index is 13.9. The summed E-state index contributed by atoms with van der Waals surface area (Å²) in [6, 6.07) is 6.86. The van der Waals surface area contributed by atoms with Gasteiger partial charge in [-0.05, 0) is 60.0 Å². The summed E-state index contributed by atoms with van der Waals surface area (Å²) in [5, 5.41) is 8.12. The Hall–Kier alpha value is -0.900. The van der Waals surface area contributed by atoms with E-state index >= 15 is 0 Å². The van der Waals surface area contributed by atoms with Crippen molar-refractivity contribution in [3.63, 3.8) is 0 Å². The van der Waals surface area contributed by atoms with Gasteiger partial charge in [0.05, 0.1) is 0 Å². The molecule has 102 valence electrons. The molecule has 0 aliphatic heterocycles. The smallest absolute Gasteiger partial charge is 0.128 e. The van der Waals surface area contributed by atoms with E-state index in [2.05, 4.69) is 22.1 Å². The van der Waals surface area contributed by atoms with Gasteiger partial charge < -0.3 is 5.32 Å². The van der Waals surface area contributed by atoms with Crippen LogP contribution in [-0.4, -0.2) is 6.54 Å². The Bertz CT molecular complexity index is 513. The van der Waals surface area contributed by atoms with Crippen LogP contribution in [0.5, 0.6) is 0 Å². The molecule has 0 saturated heterocycles. The van der Waals surface area contributed by atoms with Crippen LogP contribution in [0.2, 0.25) is 5.02 Å². The average molecular weight is 298 g/mol. The van der Waals surface area contributed by atoms with Gasteiger partial charge in [-0.15, -0.1) is 0 Å². The van der Waals surface area contributed by atoms with E-state index in [1.54, 1.807) is 23.5 Å². The molecular weight excluding hydrogens is 281 g/mol. The molecule has 1 N–H and O–H groups in total. The van der Waals surface area contributed by atoms with E-state index in [-0.39, 0.29) is 11.9 Å². The van der Waals surface area contributed by atoms with Crippen molar-refractivity contribution >= 4 is 22.9 Å². The third kappa shape index (κ3) is 4.03. The average Bonchev–Trinajstić information content (AvgIpc) is 2.91. The van der Waals surface area contributed by atoms with Gasteiger partial charge in [0.1, 0.15) is 5.82 Å². The molecule has 0 amide bonds. The minimum atomic E-state index is -0.194. The van der Waals surface area contributed by atoms with Gasteiger partial charge in [0.25, 0.3) is 0 Å². The minimum Gasteiger partial charge on any atom is -0.310 e. The summed E-state index contributed by atoms with van der Waals surface area (Å²) in [4.78, 5) is 0. The van der Waals surface area contributed by atoms with Crippen molar-refractivity contribution in [1.29, 1.82) is 0 Å². The standard InChI is InChI=1S/C15H17ClFNS/c1-2-18-15(6-3-11-7-8-19-10-11)13-9-12(16)4-5-14(13)17/h4-5,7-10,15,18H,2-3,6H2,1H3. The lowest BCUT2D eigenvalue weighted by molar-refractivity contribution is 0.485. The monoisotopic (exact) mass is 297 g/mol. The number of benzene rings is 1. The highest BCUT2D eigenvalue weighted by Gasteiger charge is 2.15. The van der Waals surface area contributed by atoms with Crippen molar-refractivity contribution < 1.29 is 4.39 Å². The van der Waals surface area contributed by atoms with E-state index in [0.717, 1.165) is 19.4 Å². The molecule has 2 aromatic rings. The maximum Gasteiger partial charge on any atom is 0.128 e. The highest BCUT2D eigenvalue weighted by molar-refractivity contribution is 7.07. The minimum absolute atomic E-state index is 0.00333. The summed E-state index contributed by atoms with van der Waals surface area (Å²) in [7, 11) is 0. The molecule has 1 heterocycles. The zero-order chi connectivity index (χ0) is 13.7. The van der Waals surface area contributed by atoms with Crippen LogP contribution < -0.4 is 5.32 Å². The van der Waals surface area contributed by atoms with Crippen LogP contribution in [-0.2, 0) is 6.42 Å². The lowest BCUT2D eigenvalue weighted by Gasteiger charge is -2.19. The van der Waals surface area contributed by atoms with Gasteiger partial charge >= 0.3 is 0 Å². The molecule has 1 aromatic heterocycles. The largest absolute Gasteiger partial charge is 0.310 e. The second kappa shape index (κ2) is 7.04. The Kier molecular flexibility index (Phi) is 5.37. The first-order chi connectivity index (χ1) is 9.20. The van der Waals surface area contributed by atoms with Crippen molar-refractivity contribution in [2.24, 2.45) is 0 Å². The van der Waals surface area contributed by atoms with Crippen molar-refractivity contribution in [2.45, 2.75) is 25.8 Å². The van der Waals surface area contributed by atoms with E-state index in [1.807, 2.05) is 6.92 Å². The van der Waals surface area contributed by atoms with Crippen molar-refractivity contribution in [1.82, 2.24) is 5.32 Å². The Balaban J connectivity index is 2.12. The third-order valence-electron chi connectivity index (χ3n) is 3.09. The van der Waals surface area contributed by atoms with Gasteiger partial charge in [0, 0.05) is 16.6 Å². The highest BCUT2D eigenvalue weighted by atomic mass is 35.5. The lowest BCUT2D eigenvalue weighted by Crippen LogP contribution is -2.22. The SMILES string of the molecule is CCNC(CCc1ccsc1)c1cc(Cl)ccc1F. The number of hydrogen-bond donors (Lipinski definition) is 1. The van der Waals surface area contributed by atoms with E-state index in [4.69, 9.17) is 11.6 Å². The molecule has 0 spiro atoms. The van der Waals surface area contributed by atoms with Gasteiger partial charge in [-0.25, -0.2) is 4.39 Å². The van der Waals surface area contributed by atoms with Crippen LogP contribution in [0.4, 0.5) is 4.39 Å². The second-order valence-corrected chi connectivity index (χ2v) is 5.66. The number of thiophene rings is 1. The molecule has 0 radical (unpaired) electrons. The fraction of sp³-hybridized carbons (Fsp3) is 0.333. The Morgan fingerprint density at radius 2 is 2.21 bits per heavy atom. The molecule has 4 heteroatoms. The normalized spacial score (nSPS) is 12.6. The number of hydrogen-bond acceptors (Lipinski definition) is 2. The molecule has 0 fully saturated rings. The third-order valence-corrected chi connectivity index (χ3v) is 4.05. The Morgan fingerprint density at radius 1 is 1.37 bits per heavy atom. The molecule has 0 aliphatic carbocycles. The van der Waals surface area contributed by atoms with E-state index in [0.29, 0.717) is 10.6 Å². The molecular formula is C15H17ClFNS. The number of halogens is 2.